The topological polar surface area (TPSA) is 105 Å². The summed E-state index contributed by atoms with van der Waals surface area (Å²) in [7, 11) is 1.71. The van der Waals surface area contributed by atoms with Crippen LogP contribution in [0.5, 0.6) is 0 Å². The van der Waals surface area contributed by atoms with E-state index in [1.54, 1.807) is 7.11 Å². The van der Waals surface area contributed by atoms with Gasteiger partial charge in [-0.1, -0.05) is 68.7 Å². The van der Waals surface area contributed by atoms with Gasteiger partial charge < -0.3 is 43.4 Å². The Balaban J connectivity index is 1.43. The Morgan fingerprint density at radius 3 is 1.89 bits per heavy atom. The van der Waals surface area contributed by atoms with Crippen LogP contribution in [0.4, 0.5) is 0 Å². The molecule has 0 amide bonds. The minimum atomic E-state index is -1.00. The molecule has 3 heterocycles. The summed E-state index contributed by atoms with van der Waals surface area (Å²) in [5, 5.41) is 23.1. The number of aliphatic hydroxyl groups is 2. The molecule has 10 unspecified atom stereocenters. The molecule has 4 rings (SSSR count). The summed E-state index contributed by atoms with van der Waals surface area (Å²) >= 11 is 0. The SMILES string of the molecule is CCC1O[C@H](C)C(C)C(OC)[C@@H]1O[C@H](O)C(C)[C@@H]1[C@@H](CC)C1(C)O[C@@H]1OC(CC)[C@@H](O[C@@H]2OC(C)[C@@H](C)C(C)C2C)[C@H](O)C1C. The first kappa shape index (κ1) is 37.5. The fourth-order valence-electron chi connectivity index (χ4n) is 8.74. The minimum absolute atomic E-state index is 0.0538. The van der Waals surface area contributed by atoms with Gasteiger partial charge in [0.25, 0.3) is 0 Å². The summed E-state index contributed by atoms with van der Waals surface area (Å²) in [6, 6.07) is 0. The Labute approximate surface area is 273 Å². The van der Waals surface area contributed by atoms with Gasteiger partial charge in [-0.25, -0.2) is 0 Å². The molecule has 0 aromatic rings. The molecule has 9 nitrogen and oxygen atoms in total. The second-order valence-electron chi connectivity index (χ2n) is 15.2. The van der Waals surface area contributed by atoms with E-state index in [-0.39, 0.29) is 72.1 Å². The molecule has 0 spiro atoms. The second-order valence-corrected chi connectivity index (χ2v) is 15.2. The van der Waals surface area contributed by atoms with Gasteiger partial charge in [0.05, 0.1) is 42.2 Å². The summed E-state index contributed by atoms with van der Waals surface area (Å²) in [4.78, 5) is 0. The summed E-state index contributed by atoms with van der Waals surface area (Å²) in [6.07, 6.45) is -1.79. The van der Waals surface area contributed by atoms with Gasteiger partial charge in [-0.3, -0.25) is 0 Å². The van der Waals surface area contributed by atoms with Crippen molar-refractivity contribution < 1.29 is 43.4 Å². The number of hydrogen-bond acceptors (Lipinski definition) is 9. The van der Waals surface area contributed by atoms with Crippen molar-refractivity contribution in [2.75, 3.05) is 7.11 Å². The number of aliphatic hydroxyl groups excluding tert-OH is 2. The van der Waals surface area contributed by atoms with E-state index in [0.29, 0.717) is 18.3 Å². The third-order valence-corrected chi connectivity index (χ3v) is 12.7. The molecule has 4 fully saturated rings. The van der Waals surface area contributed by atoms with Gasteiger partial charge in [0, 0.05) is 36.7 Å². The molecule has 45 heavy (non-hydrogen) atoms. The van der Waals surface area contributed by atoms with Crippen molar-refractivity contribution in [2.45, 2.75) is 176 Å². The normalized spacial score (nSPS) is 51.9. The highest BCUT2D eigenvalue weighted by Crippen LogP contribution is 2.61. The smallest absolute Gasteiger partial charge is 0.163 e. The Hall–Kier alpha value is -0.360. The zero-order chi connectivity index (χ0) is 33.5. The van der Waals surface area contributed by atoms with Crippen molar-refractivity contribution in [3.63, 3.8) is 0 Å². The summed E-state index contributed by atoms with van der Waals surface area (Å²) in [5.41, 5.74) is -0.527. The molecular formula is C36H66O9. The van der Waals surface area contributed by atoms with E-state index in [1.807, 2.05) is 13.8 Å². The van der Waals surface area contributed by atoms with Crippen molar-refractivity contribution in [1.82, 2.24) is 0 Å². The van der Waals surface area contributed by atoms with Crippen LogP contribution in [0.2, 0.25) is 0 Å². The summed E-state index contributed by atoms with van der Waals surface area (Å²) in [5.74, 6) is 1.000. The lowest BCUT2D eigenvalue weighted by Gasteiger charge is -2.48. The fourth-order valence-corrected chi connectivity index (χ4v) is 8.74. The number of methoxy groups -OCH3 is 1. The maximum Gasteiger partial charge on any atom is 0.163 e. The van der Waals surface area contributed by atoms with Gasteiger partial charge in [0.2, 0.25) is 0 Å². The Kier molecular flexibility index (Phi) is 12.5. The van der Waals surface area contributed by atoms with Gasteiger partial charge in [0.15, 0.2) is 18.9 Å². The van der Waals surface area contributed by atoms with Crippen LogP contribution in [0.15, 0.2) is 0 Å². The maximum absolute atomic E-state index is 11.6. The van der Waals surface area contributed by atoms with Crippen molar-refractivity contribution in [3.05, 3.63) is 0 Å². The van der Waals surface area contributed by atoms with E-state index in [4.69, 9.17) is 33.2 Å². The lowest BCUT2D eigenvalue weighted by Crippen LogP contribution is -2.58. The lowest BCUT2D eigenvalue weighted by atomic mass is 9.79. The van der Waals surface area contributed by atoms with Gasteiger partial charge in [-0.05, 0) is 51.4 Å². The van der Waals surface area contributed by atoms with Crippen LogP contribution in [0.25, 0.3) is 0 Å². The average molecular weight is 643 g/mol. The first-order valence-corrected chi connectivity index (χ1v) is 18.0. The Morgan fingerprint density at radius 2 is 1.31 bits per heavy atom. The molecule has 4 aliphatic rings. The molecule has 20 atom stereocenters. The fraction of sp³-hybridized carbons (Fsp3) is 1.00. The lowest BCUT2D eigenvalue weighted by molar-refractivity contribution is -0.339. The number of hydrogen-bond donors (Lipinski definition) is 2. The van der Waals surface area contributed by atoms with Crippen molar-refractivity contribution in [3.8, 4) is 0 Å². The van der Waals surface area contributed by atoms with Crippen LogP contribution in [0.3, 0.4) is 0 Å². The van der Waals surface area contributed by atoms with Gasteiger partial charge in [-0.2, -0.15) is 0 Å². The van der Waals surface area contributed by atoms with E-state index in [0.717, 1.165) is 12.8 Å². The van der Waals surface area contributed by atoms with Crippen LogP contribution >= 0.6 is 0 Å². The van der Waals surface area contributed by atoms with Crippen molar-refractivity contribution in [1.29, 1.82) is 0 Å². The quantitative estimate of drug-likeness (QED) is 0.257. The molecule has 9 heteroatoms. The van der Waals surface area contributed by atoms with E-state index in [2.05, 4.69) is 69.2 Å². The molecule has 3 saturated heterocycles. The monoisotopic (exact) mass is 642 g/mol. The zero-order valence-electron chi connectivity index (χ0n) is 30.3. The molecule has 0 aromatic carbocycles. The molecule has 0 radical (unpaired) electrons. The summed E-state index contributed by atoms with van der Waals surface area (Å²) in [6.45, 7) is 25.3. The Bertz CT molecular complexity index is 934. The van der Waals surface area contributed by atoms with Gasteiger partial charge in [0.1, 0.15) is 12.2 Å². The van der Waals surface area contributed by atoms with E-state index < -0.39 is 36.7 Å². The predicted molar refractivity (Wildman–Crippen MR) is 172 cm³/mol. The molecule has 0 bridgehead atoms. The number of ether oxygens (including phenoxy) is 7. The van der Waals surface area contributed by atoms with E-state index >= 15 is 0 Å². The van der Waals surface area contributed by atoms with E-state index in [9.17, 15) is 10.2 Å². The molecule has 3 aliphatic heterocycles. The predicted octanol–water partition coefficient (Wildman–Crippen LogP) is 5.78. The molecule has 0 aromatic heterocycles. The molecular weight excluding hydrogens is 576 g/mol. The highest BCUT2D eigenvalue weighted by atomic mass is 16.7. The third-order valence-electron chi connectivity index (χ3n) is 12.7. The van der Waals surface area contributed by atoms with Crippen LogP contribution < -0.4 is 0 Å². The molecule has 1 saturated carbocycles. The minimum Gasteiger partial charge on any atom is -0.390 e. The Morgan fingerprint density at radius 1 is 0.711 bits per heavy atom. The van der Waals surface area contributed by atoms with Crippen LogP contribution in [-0.2, 0) is 33.2 Å². The second kappa shape index (κ2) is 15.0. The first-order valence-electron chi connectivity index (χ1n) is 18.0. The molecule has 2 N–H and O–H groups in total. The zero-order valence-corrected chi connectivity index (χ0v) is 30.3. The van der Waals surface area contributed by atoms with Crippen LogP contribution in [-0.4, -0.2) is 90.6 Å². The molecule has 1 aliphatic carbocycles. The van der Waals surface area contributed by atoms with Gasteiger partial charge >= 0.3 is 0 Å². The van der Waals surface area contributed by atoms with Crippen LogP contribution in [0.1, 0.15) is 102 Å². The standard InChI is InChI=1S/C36H66O9/c1-14-25-28(21(8)33(38)43-32-27(16-3)40-24(11)20(7)30(32)39-13)36(25,12)45-35-22(9)29(37)31(26(15-2)42-35)44-34-19(6)17(4)18(5)23(10)41-34/h17-35,37-38H,14-16H2,1-13H3/t17?,18-,19?,20?,21?,22?,23?,24+,25+,26?,27?,28+,29+,30?,31+,32+,33-,34-,35-,36?/m0/s1. The number of rotatable bonds is 12. The highest BCUT2D eigenvalue weighted by Gasteiger charge is 2.66. The van der Waals surface area contributed by atoms with Crippen molar-refractivity contribution >= 4 is 0 Å². The third kappa shape index (κ3) is 7.18. The maximum atomic E-state index is 11.6. The largest absolute Gasteiger partial charge is 0.390 e. The molecule has 264 valence electrons. The highest BCUT2D eigenvalue weighted by molar-refractivity contribution is 5.13. The van der Waals surface area contributed by atoms with E-state index in [1.165, 1.54) is 0 Å². The van der Waals surface area contributed by atoms with Crippen molar-refractivity contribution in [2.24, 2.45) is 47.3 Å². The first-order chi connectivity index (χ1) is 21.2. The average Bonchev–Trinajstić information content (AvgIpc) is 3.62. The summed E-state index contributed by atoms with van der Waals surface area (Å²) < 4.78 is 44.8. The van der Waals surface area contributed by atoms with Crippen LogP contribution in [0, 0.1) is 47.3 Å². The van der Waals surface area contributed by atoms with Gasteiger partial charge in [-0.15, -0.1) is 0 Å².